The Morgan fingerprint density at radius 3 is 2.27 bits per heavy atom. The predicted molar refractivity (Wildman–Crippen MR) is 110 cm³/mol. The molecule has 0 aromatic heterocycles. The predicted octanol–water partition coefficient (Wildman–Crippen LogP) is 3.63. The summed E-state index contributed by atoms with van der Waals surface area (Å²) in [6.07, 6.45) is 6.21. The van der Waals surface area contributed by atoms with E-state index in [1.54, 1.807) is 7.11 Å². The zero-order chi connectivity index (χ0) is 21.9. The standard InChI is InChI=1S/C24H38O6/c1-14(25)29-16-8-11-23(4)19-9-10-22(3)18(6-7-21(22)30-15(2)26)17(19)12-20(27)24(23,13-16)28-5/h16-21,27H,6-13H2,1-5H3/t16-,17-,18?,19?,20+,21-,22-,23+,24-/m0/s1. The first kappa shape index (κ1) is 22.1. The molecule has 0 amide bonds. The number of carbonyl (C=O) groups excluding carboxylic acids is 2. The second kappa shape index (κ2) is 7.47. The first-order chi connectivity index (χ1) is 14.1. The van der Waals surface area contributed by atoms with Gasteiger partial charge in [0.05, 0.1) is 6.10 Å². The fraction of sp³-hybridized carbons (Fsp3) is 0.917. The summed E-state index contributed by atoms with van der Waals surface area (Å²) in [5.74, 6) is 0.843. The maximum atomic E-state index is 11.7. The molecule has 2 unspecified atom stereocenters. The molecule has 4 fully saturated rings. The number of rotatable bonds is 3. The molecular weight excluding hydrogens is 384 g/mol. The molecule has 4 saturated carbocycles. The van der Waals surface area contributed by atoms with Crippen molar-refractivity contribution < 1.29 is 28.9 Å². The molecule has 0 saturated heterocycles. The van der Waals surface area contributed by atoms with Gasteiger partial charge in [-0.1, -0.05) is 13.8 Å². The summed E-state index contributed by atoms with van der Waals surface area (Å²) in [6, 6.07) is 0. The number of aliphatic hydroxyl groups is 1. The smallest absolute Gasteiger partial charge is 0.302 e. The minimum absolute atomic E-state index is 0.00900. The van der Waals surface area contributed by atoms with Crippen LogP contribution in [0.3, 0.4) is 0 Å². The maximum Gasteiger partial charge on any atom is 0.302 e. The van der Waals surface area contributed by atoms with Gasteiger partial charge in [0.25, 0.3) is 0 Å². The fourth-order valence-corrected chi connectivity index (χ4v) is 8.35. The van der Waals surface area contributed by atoms with E-state index in [2.05, 4.69) is 13.8 Å². The number of aliphatic hydroxyl groups excluding tert-OH is 1. The monoisotopic (exact) mass is 422 g/mol. The van der Waals surface area contributed by atoms with Crippen LogP contribution in [0.15, 0.2) is 0 Å². The van der Waals surface area contributed by atoms with Crippen LogP contribution in [0.5, 0.6) is 0 Å². The summed E-state index contributed by atoms with van der Waals surface area (Å²) in [4.78, 5) is 23.2. The fourth-order valence-electron chi connectivity index (χ4n) is 8.35. The highest BCUT2D eigenvalue weighted by molar-refractivity contribution is 5.66. The van der Waals surface area contributed by atoms with Gasteiger partial charge in [-0.2, -0.15) is 0 Å². The molecular formula is C24H38O6. The maximum absolute atomic E-state index is 11.7. The molecule has 6 heteroatoms. The molecule has 1 N–H and O–H groups in total. The highest BCUT2D eigenvalue weighted by Crippen LogP contribution is 2.68. The lowest BCUT2D eigenvalue weighted by Gasteiger charge is -2.66. The number of fused-ring (bicyclic) bond motifs is 5. The third kappa shape index (κ3) is 3.04. The van der Waals surface area contributed by atoms with Gasteiger partial charge in [-0.25, -0.2) is 0 Å². The van der Waals surface area contributed by atoms with Crippen molar-refractivity contribution in [3.63, 3.8) is 0 Å². The van der Waals surface area contributed by atoms with Gasteiger partial charge in [-0.3, -0.25) is 9.59 Å². The van der Waals surface area contributed by atoms with Crippen LogP contribution in [0.1, 0.15) is 79.1 Å². The van der Waals surface area contributed by atoms with E-state index in [4.69, 9.17) is 14.2 Å². The first-order valence-corrected chi connectivity index (χ1v) is 11.6. The number of hydrogen-bond donors (Lipinski definition) is 1. The second-order valence-corrected chi connectivity index (χ2v) is 10.8. The number of hydrogen-bond acceptors (Lipinski definition) is 6. The molecule has 4 aliphatic carbocycles. The first-order valence-electron chi connectivity index (χ1n) is 11.6. The molecule has 9 atom stereocenters. The van der Waals surface area contributed by atoms with Crippen LogP contribution < -0.4 is 0 Å². The van der Waals surface area contributed by atoms with Crippen molar-refractivity contribution in [3.05, 3.63) is 0 Å². The average molecular weight is 423 g/mol. The molecule has 0 spiro atoms. The van der Waals surface area contributed by atoms with Gasteiger partial charge in [0, 0.05) is 38.2 Å². The summed E-state index contributed by atoms with van der Waals surface area (Å²) in [5, 5.41) is 11.5. The van der Waals surface area contributed by atoms with E-state index < -0.39 is 11.7 Å². The SMILES string of the molecule is CO[C@]12C[C@@H](OC(C)=O)CC[C@]1(C)C1CC[C@@]3(C)C(CC[C@@H]3OC(C)=O)[C@@H]1C[C@H]2O. The molecule has 170 valence electrons. The van der Waals surface area contributed by atoms with Crippen LogP contribution in [0, 0.1) is 28.6 Å². The second-order valence-electron chi connectivity index (χ2n) is 10.8. The van der Waals surface area contributed by atoms with E-state index in [0.717, 1.165) is 38.5 Å². The third-order valence-corrected chi connectivity index (χ3v) is 9.69. The summed E-state index contributed by atoms with van der Waals surface area (Å²) < 4.78 is 17.5. The summed E-state index contributed by atoms with van der Waals surface area (Å²) in [5.41, 5.74) is -0.860. The molecule has 0 aromatic carbocycles. The number of ether oxygens (including phenoxy) is 3. The van der Waals surface area contributed by atoms with Crippen molar-refractivity contribution in [2.45, 2.75) is 103 Å². The van der Waals surface area contributed by atoms with Crippen molar-refractivity contribution in [1.82, 2.24) is 0 Å². The van der Waals surface area contributed by atoms with Crippen LogP contribution in [0.2, 0.25) is 0 Å². The molecule has 0 heterocycles. The van der Waals surface area contributed by atoms with Crippen LogP contribution in [0.4, 0.5) is 0 Å². The van der Waals surface area contributed by atoms with E-state index >= 15 is 0 Å². The number of methoxy groups -OCH3 is 1. The number of esters is 2. The normalized spacial score (nSPS) is 50.1. The lowest BCUT2D eigenvalue weighted by molar-refractivity contribution is -0.277. The highest BCUT2D eigenvalue weighted by Gasteiger charge is 2.68. The minimum atomic E-state index is -0.686. The van der Waals surface area contributed by atoms with Crippen LogP contribution in [-0.4, -0.2) is 48.1 Å². The Morgan fingerprint density at radius 2 is 1.63 bits per heavy atom. The zero-order valence-electron chi connectivity index (χ0n) is 19.1. The topological polar surface area (TPSA) is 82.1 Å². The molecule has 0 radical (unpaired) electrons. The molecule has 4 aliphatic rings. The van der Waals surface area contributed by atoms with Crippen LogP contribution in [-0.2, 0) is 23.8 Å². The van der Waals surface area contributed by atoms with Gasteiger partial charge >= 0.3 is 11.9 Å². The van der Waals surface area contributed by atoms with Gasteiger partial charge in [-0.05, 0) is 62.7 Å². The van der Waals surface area contributed by atoms with Crippen molar-refractivity contribution in [1.29, 1.82) is 0 Å². The van der Waals surface area contributed by atoms with Gasteiger partial charge in [-0.15, -0.1) is 0 Å². The van der Waals surface area contributed by atoms with E-state index in [-0.39, 0.29) is 35.0 Å². The largest absolute Gasteiger partial charge is 0.462 e. The molecule has 0 bridgehead atoms. The molecule has 0 aromatic rings. The van der Waals surface area contributed by atoms with Crippen molar-refractivity contribution in [2.75, 3.05) is 7.11 Å². The van der Waals surface area contributed by atoms with Crippen LogP contribution in [0.25, 0.3) is 0 Å². The Hall–Kier alpha value is -1.14. The Morgan fingerprint density at radius 1 is 0.933 bits per heavy atom. The summed E-state index contributed by atoms with van der Waals surface area (Å²) in [7, 11) is 1.71. The lowest BCUT2D eigenvalue weighted by Crippen LogP contribution is -2.69. The molecule has 6 nitrogen and oxygen atoms in total. The van der Waals surface area contributed by atoms with Gasteiger partial charge in [0.1, 0.15) is 17.8 Å². The van der Waals surface area contributed by atoms with Gasteiger partial charge in [0.2, 0.25) is 0 Å². The lowest BCUT2D eigenvalue weighted by atomic mass is 9.42. The Bertz CT molecular complexity index is 708. The van der Waals surface area contributed by atoms with Crippen LogP contribution >= 0.6 is 0 Å². The average Bonchev–Trinajstić information content (AvgIpc) is 2.98. The molecule has 30 heavy (non-hydrogen) atoms. The van der Waals surface area contributed by atoms with E-state index in [9.17, 15) is 14.7 Å². The Kier molecular flexibility index (Phi) is 5.50. The van der Waals surface area contributed by atoms with E-state index in [1.165, 1.54) is 13.8 Å². The molecule has 4 rings (SSSR count). The van der Waals surface area contributed by atoms with Gasteiger partial charge < -0.3 is 19.3 Å². The Labute approximate surface area is 180 Å². The van der Waals surface area contributed by atoms with E-state index in [0.29, 0.717) is 30.6 Å². The summed E-state index contributed by atoms with van der Waals surface area (Å²) in [6.45, 7) is 7.53. The van der Waals surface area contributed by atoms with Crippen molar-refractivity contribution in [2.24, 2.45) is 28.6 Å². The Balaban J connectivity index is 1.63. The third-order valence-electron chi connectivity index (χ3n) is 9.69. The molecule has 0 aliphatic heterocycles. The minimum Gasteiger partial charge on any atom is -0.462 e. The quantitative estimate of drug-likeness (QED) is 0.700. The highest BCUT2D eigenvalue weighted by atomic mass is 16.6. The van der Waals surface area contributed by atoms with E-state index in [1.807, 2.05) is 0 Å². The number of carbonyl (C=O) groups is 2. The van der Waals surface area contributed by atoms with Crippen molar-refractivity contribution >= 4 is 11.9 Å². The van der Waals surface area contributed by atoms with Gasteiger partial charge in [0.15, 0.2) is 0 Å². The zero-order valence-corrected chi connectivity index (χ0v) is 19.1. The van der Waals surface area contributed by atoms with Crippen molar-refractivity contribution in [3.8, 4) is 0 Å². The summed E-state index contributed by atoms with van der Waals surface area (Å²) >= 11 is 0.